The highest BCUT2D eigenvalue weighted by atomic mass is 32.2. The van der Waals surface area contributed by atoms with Crippen LogP contribution in [-0.4, -0.2) is 43.7 Å². The number of aromatic nitrogens is 3. The summed E-state index contributed by atoms with van der Waals surface area (Å²) in [6.07, 6.45) is 6.04. The number of carbonyl (C=O) groups excluding carboxylic acids is 1. The molecule has 1 fully saturated rings. The summed E-state index contributed by atoms with van der Waals surface area (Å²) in [5, 5.41) is 10.7. The molecular formula is C24H25N5O2S. The average molecular weight is 448 g/mol. The fraction of sp³-hybridized carbons (Fsp3) is 0.375. The van der Waals surface area contributed by atoms with Gasteiger partial charge >= 0.3 is 0 Å². The van der Waals surface area contributed by atoms with Crippen LogP contribution in [0.5, 0.6) is 0 Å². The van der Waals surface area contributed by atoms with Crippen molar-refractivity contribution >= 4 is 28.6 Å². The third-order valence-electron chi connectivity index (χ3n) is 6.10. The fourth-order valence-corrected chi connectivity index (χ4v) is 5.09. The second-order valence-electron chi connectivity index (χ2n) is 8.19. The van der Waals surface area contributed by atoms with Crippen molar-refractivity contribution < 1.29 is 4.79 Å². The summed E-state index contributed by atoms with van der Waals surface area (Å²) >= 11 is 1.20. The first-order chi connectivity index (χ1) is 15.4. The molecule has 3 aromatic rings. The molecule has 2 heterocycles. The number of para-hydroxylation sites is 1. The highest BCUT2D eigenvalue weighted by molar-refractivity contribution is 7.99. The average Bonchev–Trinajstić information content (AvgIpc) is 2.82. The van der Waals surface area contributed by atoms with E-state index in [1.165, 1.54) is 16.3 Å². The zero-order valence-electron chi connectivity index (χ0n) is 18.2. The number of amides is 1. The predicted octanol–water partition coefficient (Wildman–Crippen LogP) is 3.87. The van der Waals surface area contributed by atoms with Crippen molar-refractivity contribution in [1.82, 2.24) is 19.4 Å². The highest BCUT2D eigenvalue weighted by Crippen LogP contribution is 2.33. The van der Waals surface area contributed by atoms with Gasteiger partial charge in [0.05, 0.1) is 22.7 Å². The second-order valence-corrected chi connectivity index (χ2v) is 9.13. The van der Waals surface area contributed by atoms with Crippen molar-refractivity contribution in [2.24, 2.45) is 0 Å². The SMILES string of the molecule is Cc1ccnc(-n2c(SCC(=O)N(C)C3(C#N)CCCCC3)nc3ccccc3c2=O)c1. The van der Waals surface area contributed by atoms with E-state index < -0.39 is 5.54 Å². The van der Waals surface area contributed by atoms with Gasteiger partial charge in [-0.3, -0.25) is 9.59 Å². The van der Waals surface area contributed by atoms with E-state index in [1.54, 1.807) is 36.3 Å². The molecule has 164 valence electrons. The Bertz CT molecular complexity index is 1260. The van der Waals surface area contributed by atoms with Gasteiger partial charge in [0, 0.05) is 13.2 Å². The van der Waals surface area contributed by atoms with Crippen molar-refractivity contribution in [3.63, 3.8) is 0 Å². The van der Waals surface area contributed by atoms with Crippen molar-refractivity contribution in [3.8, 4) is 11.9 Å². The number of carbonyl (C=O) groups is 1. The minimum Gasteiger partial charge on any atom is -0.326 e. The highest BCUT2D eigenvalue weighted by Gasteiger charge is 2.38. The van der Waals surface area contributed by atoms with E-state index in [0.717, 1.165) is 24.8 Å². The smallest absolute Gasteiger partial charge is 0.267 e. The molecule has 0 bridgehead atoms. The summed E-state index contributed by atoms with van der Waals surface area (Å²) < 4.78 is 1.47. The molecule has 1 saturated carbocycles. The van der Waals surface area contributed by atoms with E-state index in [-0.39, 0.29) is 17.2 Å². The summed E-state index contributed by atoms with van der Waals surface area (Å²) in [6.45, 7) is 1.93. The van der Waals surface area contributed by atoms with Crippen LogP contribution in [0.1, 0.15) is 37.7 Å². The Kier molecular flexibility index (Phi) is 6.28. The molecule has 32 heavy (non-hydrogen) atoms. The van der Waals surface area contributed by atoms with Crippen molar-refractivity contribution in [2.45, 2.75) is 49.7 Å². The third kappa shape index (κ3) is 4.13. The Morgan fingerprint density at radius 1 is 1.25 bits per heavy atom. The topological polar surface area (TPSA) is 91.9 Å². The lowest BCUT2D eigenvalue weighted by atomic mass is 9.81. The molecule has 1 aliphatic carbocycles. The molecule has 1 amide bonds. The Labute approximate surface area is 191 Å². The Morgan fingerprint density at radius 2 is 2.00 bits per heavy atom. The molecule has 0 spiro atoms. The first-order valence-electron chi connectivity index (χ1n) is 10.7. The number of benzene rings is 1. The van der Waals surface area contributed by atoms with E-state index in [4.69, 9.17) is 0 Å². The summed E-state index contributed by atoms with van der Waals surface area (Å²) in [7, 11) is 1.71. The molecule has 0 radical (unpaired) electrons. The van der Waals surface area contributed by atoms with Crippen LogP contribution in [0.15, 0.2) is 52.5 Å². The number of fused-ring (bicyclic) bond motifs is 1. The van der Waals surface area contributed by atoms with Crippen LogP contribution in [0.25, 0.3) is 16.7 Å². The van der Waals surface area contributed by atoms with E-state index in [1.807, 2.05) is 25.1 Å². The molecular weight excluding hydrogens is 422 g/mol. The quantitative estimate of drug-likeness (QED) is 0.436. The van der Waals surface area contributed by atoms with Gasteiger partial charge in [-0.25, -0.2) is 14.5 Å². The number of hydrogen-bond acceptors (Lipinski definition) is 6. The maximum atomic E-state index is 13.3. The number of nitriles is 1. The molecule has 1 aromatic carbocycles. The lowest BCUT2D eigenvalue weighted by Crippen LogP contribution is -2.50. The molecule has 4 rings (SSSR count). The predicted molar refractivity (Wildman–Crippen MR) is 125 cm³/mol. The lowest BCUT2D eigenvalue weighted by Gasteiger charge is -2.39. The van der Waals surface area contributed by atoms with Gasteiger partial charge in [0.1, 0.15) is 11.4 Å². The summed E-state index contributed by atoms with van der Waals surface area (Å²) in [6, 6.07) is 13.2. The Morgan fingerprint density at radius 3 is 2.72 bits per heavy atom. The van der Waals surface area contributed by atoms with Crippen LogP contribution in [0.4, 0.5) is 0 Å². The minimum absolute atomic E-state index is 0.0799. The monoisotopic (exact) mass is 447 g/mol. The molecule has 0 N–H and O–H groups in total. The molecule has 2 aromatic heterocycles. The summed E-state index contributed by atoms with van der Waals surface area (Å²) in [5.41, 5.74) is 0.572. The Hall–Kier alpha value is -3.18. The van der Waals surface area contributed by atoms with Gasteiger partial charge in [-0.2, -0.15) is 5.26 Å². The van der Waals surface area contributed by atoms with E-state index in [9.17, 15) is 14.9 Å². The molecule has 0 atom stereocenters. The number of rotatable bonds is 5. The molecule has 7 nitrogen and oxygen atoms in total. The number of aryl methyl sites for hydroxylation is 1. The maximum Gasteiger partial charge on any atom is 0.267 e. The zero-order valence-corrected chi connectivity index (χ0v) is 19.1. The molecule has 0 unspecified atom stereocenters. The van der Waals surface area contributed by atoms with Crippen LogP contribution in [0, 0.1) is 18.3 Å². The third-order valence-corrected chi connectivity index (χ3v) is 7.03. The van der Waals surface area contributed by atoms with Gasteiger partial charge in [0.2, 0.25) is 5.91 Å². The molecule has 8 heteroatoms. The number of hydrogen-bond donors (Lipinski definition) is 0. The minimum atomic E-state index is -0.746. The second kappa shape index (κ2) is 9.13. The number of nitrogens with zero attached hydrogens (tertiary/aromatic N) is 5. The van der Waals surface area contributed by atoms with Gasteiger partial charge in [-0.15, -0.1) is 0 Å². The molecule has 1 aliphatic rings. The first kappa shape index (κ1) is 22.0. The van der Waals surface area contributed by atoms with E-state index in [2.05, 4.69) is 16.0 Å². The lowest BCUT2D eigenvalue weighted by molar-refractivity contribution is -0.131. The van der Waals surface area contributed by atoms with E-state index >= 15 is 0 Å². The van der Waals surface area contributed by atoms with E-state index in [0.29, 0.717) is 34.7 Å². The largest absolute Gasteiger partial charge is 0.326 e. The fourth-order valence-electron chi connectivity index (χ4n) is 4.17. The summed E-state index contributed by atoms with van der Waals surface area (Å²) in [4.78, 5) is 37.0. The molecule has 0 aliphatic heterocycles. The van der Waals surface area contributed by atoms with Crippen LogP contribution in [0.2, 0.25) is 0 Å². The van der Waals surface area contributed by atoms with Crippen LogP contribution < -0.4 is 5.56 Å². The molecule has 0 saturated heterocycles. The number of pyridine rings is 1. The van der Waals surface area contributed by atoms with Gasteiger partial charge in [-0.1, -0.05) is 43.2 Å². The van der Waals surface area contributed by atoms with Gasteiger partial charge < -0.3 is 4.90 Å². The van der Waals surface area contributed by atoms with Crippen LogP contribution in [0.3, 0.4) is 0 Å². The Balaban J connectivity index is 1.68. The normalized spacial score (nSPS) is 15.3. The van der Waals surface area contributed by atoms with Crippen molar-refractivity contribution in [1.29, 1.82) is 5.26 Å². The van der Waals surface area contributed by atoms with Crippen LogP contribution >= 0.6 is 11.8 Å². The van der Waals surface area contributed by atoms with Crippen LogP contribution in [-0.2, 0) is 4.79 Å². The maximum absolute atomic E-state index is 13.3. The van der Waals surface area contributed by atoms with Gasteiger partial charge in [0.15, 0.2) is 5.16 Å². The number of thioether (sulfide) groups is 1. The van der Waals surface area contributed by atoms with Crippen molar-refractivity contribution in [2.75, 3.05) is 12.8 Å². The summed E-state index contributed by atoms with van der Waals surface area (Å²) in [5.74, 6) is 0.401. The zero-order chi connectivity index (χ0) is 22.7. The standard InChI is InChI=1S/C24H25N5O2S/c1-17-10-13-26-20(14-17)29-22(31)18-8-4-5-9-19(18)27-23(29)32-15-21(30)28(2)24(16-25)11-6-3-7-12-24/h4-5,8-10,13-14H,3,6-7,11-12,15H2,1-2H3. The van der Waals surface area contributed by atoms with Crippen molar-refractivity contribution in [3.05, 3.63) is 58.5 Å². The first-order valence-corrected chi connectivity index (χ1v) is 11.7. The van der Waals surface area contributed by atoms with Gasteiger partial charge in [0.25, 0.3) is 5.56 Å². The van der Waals surface area contributed by atoms with Gasteiger partial charge in [-0.05, 0) is 49.6 Å².